The van der Waals surface area contributed by atoms with Gasteiger partial charge in [-0.1, -0.05) is 57.6 Å². The van der Waals surface area contributed by atoms with E-state index in [0.29, 0.717) is 13.0 Å². The average molecular weight is 474 g/mol. The van der Waals surface area contributed by atoms with Gasteiger partial charge in [0, 0.05) is 16.4 Å². The summed E-state index contributed by atoms with van der Waals surface area (Å²) < 4.78 is 11.5. The summed E-state index contributed by atoms with van der Waals surface area (Å²) in [5.41, 5.74) is 0.972. The third-order valence-electron chi connectivity index (χ3n) is 4.06. The Morgan fingerprint density at radius 1 is 0.885 bits per heavy atom. The Hall–Kier alpha value is -1.11. The Kier molecular flexibility index (Phi) is 13.2. The van der Waals surface area contributed by atoms with E-state index in [2.05, 4.69) is 29.5 Å². The van der Waals surface area contributed by atoms with Crippen LogP contribution in [0.4, 0.5) is 0 Å². The second kappa shape index (κ2) is 15.0. The molecule has 1 rings (SSSR count). The lowest BCUT2D eigenvalue weighted by Crippen LogP contribution is -2.09. The van der Waals surface area contributed by atoms with E-state index in [1.54, 1.807) is 0 Å². The molecule has 0 atom stereocenters. The minimum atomic E-state index is -0.274. The summed E-state index contributed by atoms with van der Waals surface area (Å²) in [4.78, 5) is 23.4. The Bertz CT molecular complexity index is 530. The first kappa shape index (κ1) is 22.9. The van der Waals surface area contributed by atoms with Crippen molar-refractivity contribution in [3.63, 3.8) is 0 Å². The van der Waals surface area contributed by atoms with Gasteiger partial charge in [-0.2, -0.15) is 0 Å². The zero-order valence-electron chi connectivity index (χ0n) is 15.8. The molecule has 5 heteroatoms. The molecule has 0 radical (unpaired) electrons. The Morgan fingerprint density at radius 3 is 2.23 bits per heavy atom. The summed E-state index contributed by atoms with van der Waals surface area (Å²) in [5.74, 6) is -0.495. The second-order valence-electron chi connectivity index (χ2n) is 6.49. The number of hydrogen-bond donors (Lipinski definition) is 0. The maximum absolute atomic E-state index is 11.7. The van der Waals surface area contributed by atoms with Gasteiger partial charge in [-0.05, 0) is 53.1 Å². The Morgan fingerprint density at radius 2 is 1.54 bits per heavy atom. The van der Waals surface area contributed by atoms with Crippen molar-refractivity contribution in [2.45, 2.75) is 77.7 Å². The molecule has 0 aliphatic rings. The van der Waals surface area contributed by atoms with E-state index in [1.807, 2.05) is 24.3 Å². The second-order valence-corrected chi connectivity index (χ2v) is 7.73. The third kappa shape index (κ3) is 12.3. The molecule has 0 N–H and O–H groups in total. The van der Waals surface area contributed by atoms with E-state index in [9.17, 15) is 9.59 Å². The zero-order chi connectivity index (χ0) is 19.0. The summed E-state index contributed by atoms with van der Waals surface area (Å²) in [6.45, 7) is 2.98. The van der Waals surface area contributed by atoms with Crippen molar-refractivity contribution in [1.82, 2.24) is 0 Å². The van der Waals surface area contributed by atoms with Crippen LogP contribution < -0.4 is 0 Å². The molecule has 0 aromatic heterocycles. The number of carbonyl (C=O) groups is 2. The summed E-state index contributed by atoms with van der Waals surface area (Å²) in [7, 11) is 0. The minimum absolute atomic E-state index is 0.221. The molecule has 0 spiro atoms. The third-order valence-corrected chi connectivity index (χ3v) is 4.73. The highest BCUT2D eigenvalue weighted by molar-refractivity contribution is 14.1. The van der Waals surface area contributed by atoms with E-state index in [-0.39, 0.29) is 31.4 Å². The van der Waals surface area contributed by atoms with Crippen LogP contribution in [0.5, 0.6) is 0 Å². The van der Waals surface area contributed by atoms with Crippen LogP contribution in [0.15, 0.2) is 24.3 Å². The maximum Gasteiger partial charge on any atom is 0.306 e. The van der Waals surface area contributed by atoms with Crippen LogP contribution in [0.25, 0.3) is 0 Å². The summed E-state index contributed by atoms with van der Waals surface area (Å²) in [6.07, 6.45) is 9.38. The molecule has 4 nitrogen and oxygen atoms in total. The van der Waals surface area contributed by atoms with Gasteiger partial charge in [0.1, 0.15) is 6.61 Å². The van der Waals surface area contributed by atoms with Crippen molar-refractivity contribution >= 4 is 34.5 Å². The molecule has 1 aromatic carbocycles. The van der Waals surface area contributed by atoms with Gasteiger partial charge >= 0.3 is 11.9 Å². The highest BCUT2D eigenvalue weighted by atomic mass is 127. The molecular weight excluding hydrogens is 443 g/mol. The monoisotopic (exact) mass is 474 g/mol. The largest absolute Gasteiger partial charge is 0.466 e. The molecule has 0 heterocycles. The van der Waals surface area contributed by atoms with E-state index < -0.39 is 0 Å². The maximum atomic E-state index is 11.7. The summed E-state index contributed by atoms with van der Waals surface area (Å²) in [5, 5.41) is 0. The van der Waals surface area contributed by atoms with Gasteiger partial charge in [0.2, 0.25) is 0 Å². The lowest BCUT2D eigenvalue weighted by Gasteiger charge is -2.06. The van der Waals surface area contributed by atoms with Crippen LogP contribution in [0.1, 0.15) is 76.7 Å². The van der Waals surface area contributed by atoms with Gasteiger partial charge in [-0.25, -0.2) is 0 Å². The van der Waals surface area contributed by atoms with Gasteiger partial charge in [-0.15, -0.1) is 0 Å². The Balaban J connectivity index is 1.97. The number of hydrogen-bond acceptors (Lipinski definition) is 4. The standard InChI is InChI=1S/C21H31IO4/c1-2-3-4-5-6-7-8-15-25-20(23)13-10-14-21(24)26-17-18-11-9-12-19(22)16-18/h9,11-12,16H,2-8,10,13-15,17H2,1H3. The number of unbranched alkanes of at least 4 members (excludes halogenated alkanes) is 6. The molecule has 0 unspecified atom stereocenters. The first-order valence-electron chi connectivity index (χ1n) is 9.67. The van der Waals surface area contributed by atoms with Gasteiger partial charge in [0.25, 0.3) is 0 Å². The number of halogens is 1. The molecule has 0 aliphatic heterocycles. The molecule has 0 fully saturated rings. The lowest BCUT2D eigenvalue weighted by atomic mass is 10.1. The molecule has 0 amide bonds. The van der Waals surface area contributed by atoms with Crippen molar-refractivity contribution in [3.8, 4) is 0 Å². The Labute approximate surface area is 171 Å². The van der Waals surface area contributed by atoms with Crippen molar-refractivity contribution in [1.29, 1.82) is 0 Å². The topological polar surface area (TPSA) is 52.6 Å². The first-order valence-corrected chi connectivity index (χ1v) is 10.8. The van der Waals surface area contributed by atoms with Crippen LogP contribution in [-0.4, -0.2) is 18.5 Å². The van der Waals surface area contributed by atoms with Crippen LogP contribution in [-0.2, 0) is 25.7 Å². The summed E-state index contributed by atoms with van der Waals surface area (Å²) >= 11 is 2.22. The van der Waals surface area contributed by atoms with Crippen LogP contribution in [0, 0.1) is 3.57 Å². The van der Waals surface area contributed by atoms with Crippen molar-refractivity contribution in [3.05, 3.63) is 33.4 Å². The van der Waals surface area contributed by atoms with Crippen LogP contribution >= 0.6 is 22.6 Å². The smallest absolute Gasteiger partial charge is 0.306 e. The molecule has 0 aliphatic carbocycles. The number of carbonyl (C=O) groups excluding carboxylic acids is 2. The van der Waals surface area contributed by atoms with Crippen molar-refractivity contribution < 1.29 is 19.1 Å². The molecule has 26 heavy (non-hydrogen) atoms. The first-order chi connectivity index (χ1) is 12.6. The zero-order valence-corrected chi connectivity index (χ0v) is 18.0. The van der Waals surface area contributed by atoms with E-state index in [4.69, 9.17) is 9.47 Å². The number of ether oxygens (including phenoxy) is 2. The molecule has 0 bridgehead atoms. The molecule has 1 aromatic rings. The average Bonchev–Trinajstić information content (AvgIpc) is 2.62. The SMILES string of the molecule is CCCCCCCCCOC(=O)CCCC(=O)OCc1cccc(I)c1. The fourth-order valence-corrected chi connectivity index (χ4v) is 3.16. The highest BCUT2D eigenvalue weighted by Crippen LogP contribution is 2.10. The number of benzene rings is 1. The summed E-state index contributed by atoms with van der Waals surface area (Å²) in [6, 6.07) is 7.84. The van der Waals surface area contributed by atoms with Gasteiger partial charge in [-0.3, -0.25) is 9.59 Å². The molecule has 146 valence electrons. The number of esters is 2. The molecule has 0 saturated heterocycles. The molecule has 0 saturated carbocycles. The van der Waals surface area contributed by atoms with E-state index >= 15 is 0 Å². The van der Waals surface area contributed by atoms with E-state index in [1.165, 1.54) is 32.1 Å². The molecular formula is C21H31IO4. The fourth-order valence-electron chi connectivity index (χ4n) is 2.56. The highest BCUT2D eigenvalue weighted by Gasteiger charge is 2.08. The predicted octanol–water partition coefficient (Wildman–Crippen LogP) is 5.80. The van der Waals surface area contributed by atoms with Crippen LogP contribution in [0.3, 0.4) is 0 Å². The van der Waals surface area contributed by atoms with Gasteiger partial charge in [0.05, 0.1) is 6.61 Å². The number of rotatable bonds is 14. The minimum Gasteiger partial charge on any atom is -0.466 e. The van der Waals surface area contributed by atoms with Crippen molar-refractivity contribution in [2.24, 2.45) is 0 Å². The van der Waals surface area contributed by atoms with Crippen LogP contribution in [0.2, 0.25) is 0 Å². The lowest BCUT2D eigenvalue weighted by molar-refractivity contribution is -0.146. The van der Waals surface area contributed by atoms with Gasteiger partial charge < -0.3 is 9.47 Å². The fraction of sp³-hybridized carbons (Fsp3) is 0.619. The normalized spacial score (nSPS) is 10.5. The predicted molar refractivity (Wildman–Crippen MR) is 112 cm³/mol. The van der Waals surface area contributed by atoms with Crippen molar-refractivity contribution in [2.75, 3.05) is 6.61 Å². The van der Waals surface area contributed by atoms with E-state index in [0.717, 1.165) is 22.0 Å². The van der Waals surface area contributed by atoms with Gasteiger partial charge in [0.15, 0.2) is 0 Å². The quantitative estimate of drug-likeness (QED) is 0.194.